The standard InChI is InChI=1S/C16H12ClFN2O/c1-10-3-2-4-13(15(10)17)16(21)20-9-12-6-5-11(8-19)7-14(12)18/h2-7H,9H2,1H3,(H,20,21). The molecular weight excluding hydrogens is 291 g/mol. The van der Waals surface area contributed by atoms with Gasteiger partial charge in [0.15, 0.2) is 0 Å². The van der Waals surface area contributed by atoms with E-state index in [0.717, 1.165) is 11.6 Å². The first-order valence-corrected chi connectivity index (χ1v) is 6.62. The Bertz CT molecular complexity index is 738. The van der Waals surface area contributed by atoms with Gasteiger partial charge >= 0.3 is 0 Å². The zero-order valence-corrected chi connectivity index (χ0v) is 12.0. The Balaban J connectivity index is 2.11. The van der Waals surface area contributed by atoms with Crippen molar-refractivity contribution in [2.24, 2.45) is 0 Å². The first kappa shape index (κ1) is 15.0. The number of carbonyl (C=O) groups is 1. The van der Waals surface area contributed by atoms with Crippen LogP contribution in [-0.2, 0) is 6.54 Å². The summed E-state index contributed by atoms with van der Waals surface area (Å²) in [5.74, 6) is -0.892. The third-order valence-electron chi connectivity index (χ3n) is 3.06. The molecule has 1 N–H and O–H groups in total. The molecule has 0 aliphatic carbocycles. The number of hydrogen-bond donors (Lipinski definition) is 1. The van der Waals surface area contributed by atoms with Crippen LogP contribution in [0.2, 0.25) is 5.02 Å². The fraction of sp³-hybridized carbons (Fsp3) is 0.125. The number of benzene rings is 2. The molecule has 0 bridgehead atoms. The second-order valence-electron chi connectivity index (χ2n) is 4.54. The highest BCUT2D eigenvalue weighted by atomic mass is 35.5. The molecule has 0 fully saturated rings. The van der Waals surface area contributed by atoms with Crippen molar-refractivity contribution in [2.75, 3.05) is 0 Å². The zero-order chi connectivity index (χ0) is 15.4. The van der Waals surface area contributed by atoms with Crippen LogP contribution in [0.1, 0.15) is 27.0 Å². The molecule has 0 atom stereocenters. The first-order chi connectivity index (χ1) is 10.0. The number of nitrogens with one attached hydrogen (secondary N) is 1. The lowest BCUT2D eigenvalue weighted by molar-refractivity contribution is 0.0950. The van der Waals surface area contributed by atoms with Gasteiger partial charge in [-0.3, -0.25) is 4.79 Å². The Morgan fingerprint density at radius 1 is 1.38 bits per heavy atom. The molecule has 21 heavy (non-hydrogen) atoms. The number of aryl methyl sites for hydroxylation is 1. The highest BCUT2D eigenvalue weighted by Gasteiger charge is 2.12. The number of nitrogens with zero attached hydrogens (tertiary/aromatic N) is 1. The SMILES string of the molecule is Cc1cccc(C(=O)NCc2ccc(C#N)cc2F)c1Cl. The van der Waals surface area contributed by atoms with E-state index in [1.54, 1.807) is 25.1 Å². The van der Waals surface area contributed by atoms with Crippen LogP contribution in [0.5, 0.6) is 0 Å². The van der Waals surface area contributed by atoms with Gasteiger partial charge < -0.3 is 5.32 Å². The van der Waals surface area contributed by atoms with E-state index in [2.05, 4.69) is 5.32 Å². The molecule has 0 unspecified atom stereocenters. The molecule has 0 radical (unpaired) electrons. The largest absolute Gasteiger partial charge is 0.348 e. The maximum Gasteiger partial charge on any atom is 0.253 e. The van der Waals surface area contributed by atoms with E-state index in [1.165, 1.54) is 12.1 Å². The summed E-state index contributed by atoms with van der Waals surface area (Å²) >= 11 is 6.07. The summed E-state index contributed by atoms with van der Waals surface area (Å²) in [6.45, 7) is 1.83. The Labute approximate surface area is 127 Å². The smallest absolute Gasteiger partial charge is 0.253 e. The van der Waals surface area contributed by atoms with Crippen molar-refractivity contribution in [3.63, 3.8) is 0 Å². The molecule has 0 aliphatic heterocycles. The molecule has 2 aromatic carbocycles. The van der Waals surface area contributed by atoms with Gasteiger partial charge in [-0.2, -0.15) is 5.26 Å². The predicted molar refractivity (Wildman–Crippen MR) is 78.5 cm³/mol. The van der Waals surface area contributed by atoms with Gasteiger partial charge in [-0.05, 0) is 30.7 Å². The van der Waals surface area contributed by atoms with Crippen molar-refractivity contribution in [1.82, 2.24) is 5.32 Å². The van der Waals surface area contributed by atoms with Gasteiger partial charge in [0, 0.05) is 12.1 Å². The van der Waals surface area contributed by atoms with Gasteiger partial charge in [0.05, 0.1) is 22.2 Å². The van der Waals surface area contributed by atoms with E-state index in [-0.39, 0.29) is 18.0 Å². The fourth-order valence-corrected chi connectivity index (χ4v) is 2.07. The summed E-state index contributed by atoms with van der Waals surface area (Å²) in [7, 11) is 0. The van der Waals surface area contributed by atoms with Crippen molar-refractivity contribution in [2.45, 2.75) is 13.5 Å². The molecule has 0 saturated heterocycles. The molecular formula is C16H12ClFN2O. The van der Waals surface area contributed by atoms with Gasteiger partial charge in [-0.1, -0.05) is 29.8 Å². The topological polar surface area (TPSA) is 52.9 Å². The fourth-order valence-electron chi connectivity index (χ4n) is 1.85. The summed E-state index contributed by atoms with van der Waals surface area (Å²) in [6, 6.07) is 11.1. The maximum atomic E-state index is 13.7. The molecule has 2 aromatic rings. The predicted octanol–water partition coefficient (Wildman–Crippen LogP) is 3.59. The van der Waals surface area contributed by atoms with Crippen LogP contribution in [0, 0.1) is 24.1 Å². The van der Waals surface area contributed by atoms with E-state index in [4.69, 9.17) is 16.9 Å². The molecule has 106 valence electrons. The maximum absolute atomic E-state index is 13.7. The summed E-state index contributed by atoms with van der Waals surface area (Å²) in [5.41, 5.74) is 1.70. The van der Waals surface area contributed by atoms with Gasteiger partial charge in [-0.25, -0.2) is 4.39 Å². The molecule has 0 spiro atoms. The molecule has 0 saturated carbocycles. The first-order valence-electron chi connectivity index (χ1n) is 6.24. The number of nitriles is 1. The third-order valence-corrected chi connectivity index (χ3v) is 3.56. The Morgan fingerprint density at radius 3 is 2.81 bits per heavy atom. The number of rotatable bonds is 3. The second kappa shape index (κ2) is 6.38. The third kappa shape index (κ3) is 3.39. The van der Waals surface area contributed by atoms with Crippen LogP contribution in [-0.4, -0.2) is 5.91 Å². The van der Waals surface area contributed by atoms with Gasteiger partial charge in [0.1, 0.15) is 5.82 Å². The van der Waals surface area contributed by atoms with Gasteiger partial charge in [0.25, 0.3) is 5.91 Å². The average Bonchev–Trinajstić information content (AvgIpc) is 2.48. The molecule has 2 rings (SSSR count). The summed E-state index contributed by atoms with van der Waals surface area (Å²) in [5, 5.41) is 11.7. The molecule has 5 heteroatoms. The lowest BCUT2D eigenvalue weighted by atomic mass is 10.1. The number of carbonyl (C=O) groups excluding carboxylic acids is 1. The number of hydrogen-bond acceptors (Lipinski definition) is 2. The summed E-state index contributed by atoms with van der Waals surface area (Å²) in [6.07, 6.45) is 0. The lowest BCUT2D eigenvalue weighted by Crippen LogP contribution is -2.23. The molecule has 3 nitrogen and oxygen atoms in total. The van der Waals surface area contributed by atoms with Crippen molar-refractivity contribution in [3.05, 3.63) is 69.5 Å². The quantitative estimate of drug-likeness (QED) is 0.942. The van der Waals surface area contributed by atoms with Crippen molar-refractivity contribution < 1.29 is 9.18 Å². The van der Waals surface area contributed by atoms with Gasteiger partial charge in [-0.15, -0.1) is 0 Å². The minimum atomic E-state index is -0.523. The highest BCUT2D eigenvalue weighted by molar-refractivity contribution is 6.34. The van der Waals surface area contributed by atoms with Crippen molar-refractivity contribution in [3.8, 4) is 6.07 Å². The Morgan fingerprint density at radius 2 is 2.14 bits per heavy atom. The van der Waals surface area contributed by atoms with Crippen molar-refractivity contribution >= 4 is 17.5 Å². The van der Waals surface area contributed by atoms with E-state index < -0.39 is 5.82 Å². The zero-order valence-electron chi connectivity index (χ0n) is 11.3. The van der Waals surface area contributed by atoms with Crippen LogP contribution in [0.4, 0.5) is 4.39 Å². The monoisotopic (exact) mass is 302 g/mol. The number of amides is 1. The van der Waals surface area contributed by atoms with Crippen LogP contribution >= 0.6 is 11.6 Å². The van der Waals surface area contributed by atoms with E-state index in [1.807, 2.05) is 6.07 Å². The minimum Gasteiger partial charge on any atom is -0.348 e. The summed E-state index contributed by atoms with van der Waals surface area (Å²) in [4.78, 5) is 12.1. The van der Waals surface area contributed by atoms with Crippen LogP contribution in [0.15, 0.2) is 36.4 Å². The molecule has 0 heterocycles. The molecule has 0 aliphatic rings. The molecule has 0 aromatic heterocycles. The normalized spacial score (nSPS) is 10.0. The van der Waals surface area contributed by atoms with Crippen LogP contribution in [0.3, 0.4) is 0 Å². The lowest BCUT2D eigenvalue weighted by Gasteiger charge is -2.09. The second-order valence-corrected chi connectivity index (χ2v) is 4.92. The highest BCUT2D eigenvalue weighted by Crippen LogP contribution is 2.20. The minimum absolute atomic E-state index is 0.0284. The van der Waals surface area contributed by atoms with Crippen molar-refractivity contribution in [1.29, 1.82) is 5.26 Å². The van der Waals surface area contributed by atoms with E-state index in [0.29, 0.717) is 16.1 Å². The van der Waals surface area contributed by atoms with E-state index in [9.17, 15) is 9.18 Å². The average molecular weight is 303 g/mol. The van der Waals surface area contributed by atoms with Crippen LogP contribution in [0.25, 0.3) is 0 Å². The van der Waals surface area contributed by atoms with Crippen LogP contribution < -0.4 is 5.32 Å². The Hall–Kier alpha value is -2.38. The van der Waals surface area contributed by atoms with Gasteiger partial charge in [0.2, 0.25) is 0 Å². The Kier molecular flexibility index (Phi) is 4.56. The number of halogens is 2. The van der Waals surface area contributed by atoms with E-state index >= 15 is 0 Å². The molecule has 1 amide bonds. The summed E-state index contributed by atoms with van der Waals surface area (Å²) < 4.78 is 13.7.